The molecule has 2 aromatic rings. The van der Waals surface area contributed by atoms with Crippen molar-refractivity contribution in [2.45, 2.75) is 18.4 Å². The third-order valence-electron chi connectivity index (χ3n) is 4.21. The van der Waals surface area contributed by atoms with Gasteiger partial charge < -0.3 is 10.5 Å². The van der Waals surface area contributed by atoms with Crippen molar-refractivity contribution in [3.63, 3.8) is 0 Å². The number of nitrogens with two attached hydrogens (primary N) is 1. The maximum atomic E-state index is 6.05. The largest absolute Gasteiger partial charge is 0.377 e. The van der Waals surface area contributed by atoms with E-state index in [-0.39, 0.29) is 12.0 Å². The molecule has 2 aromatic carbocycles. The van der Waals surface area contributed by atoms with Crippen LogP contribution < -0.4 is 5.73 Å². The molecule has 1 aliphatic rings. The zero-order valence-electron chi connectivity index (χ0n) is 11.6. The van der Waals surface area contributed by atoms with Gasteiger partial charge in [0.1, 0.15) is 0 Å². The first-order valence-electron chi connectivity index (χ1n) is 7.31. The van der Waals surface area contributed by atoms with Crippen LogP contribution >= 0.6 is 0 Å². The lowest BCUT2D eigenvalue weighted by molar-refractivity contribution is 0.0789. The minimum Gasteiger partial charge on any atom is -0.377 e. The lowest BCUT2D eigenvalue weighted by Crippen LogP contribution is -2.30. The highest BCUT2D eigenvalue weighted by Crippen LogP contribution is 2.37. The van der Waals surface area contributed by atoms with Gasteiger partial charge in [-0.15, -0.1) is 0 Å². The van der Waals surface area contributed by atoms with Gasteiger partial charge in [0, 0.05) is 18.4 Å². The molecule has 20 heavy (non-hydrogen) atoms. The van der Waals surface area contributed by atoms with Crippen LogP contribution in [0.4, 0.5) is 0 Å². The van der Waals surface area contributed by atoms with Gasteiger partial charge in [-0.25, -0.2) is 0 Å². The average Bonchev–Trinajstić information content (AvgIpc) is 2.98. The molecule has 3 rings (SSSR count). The summed E-state index contributed by atoms with van der Waals surface area (Å²) >= 11 is 0. The van der Waals surface area contributed by atoms with E-state index in [9.17, 15) is 0 Å². The molecule has 2 unspecified atom stereocenters. The molecule has 0 aromatic heterocycles. The fourth-order valence-corrected chi connectivity index (χ4v) is 3.17. The SMILES string of the molecule is NCC1CCOC1C(c1ccccc1)c1ccccc1. The first-order valence-corrected chi connectivity index (χ1v) is 7.31. The Balaban J connectivity index is 2.00. The van der Waals surface area contributed by atoms with Crippen molar-refractivity contribution >= 4 is 0 Å². The summed E-state index contributed by atoms with van der Waals surface area (Å²) in [6, 6.07) is 21.2. The van der Waals surface area contributed by atoms with Gasteiger partial charge in [0.25, 0.3) is 0 Å². The Morgan fingerprint density at radius 2 is 1.50 bits per heavy atom. The Bertz CT molecular complexity index is 486. The van der Waals surface area contributed by atoms with Gasteiger partial charge in [-0.3, -0.25) is 0 Å². The monoisotopic (exact) mass is 267 g/mol. The van der Waals surface area contributed by atoms with E-state index >= 15 is 0 Å². The van der Waals surface area contributed by atoms with Crippen LogP contribution in [0.3, 0.4) is 0 Å². The van der Waals surface area contributed by atoms with Crippen LogP contribution in [0.25, 0.3) is 0 Å². The predicted molar refractivity (Wildman–Crippen MR) is 81.6 cm³/mol. The molecule has 1 heterocycles. The van der Waals surface area contributed by atoms with Gasteiger partial charge >= 0.3 is 0 Å². The number of rotatable bonds is 4. The predicted octanol–water partition coefficient (Wildman–Crippen LogP) is 3.18. The topological polar surface area (TPSA) is 35.2 Å². The highest BCUT2D eigenvalue weighted by molar-refractivity contribution is 5.34. The summed E-state index contributed by atoms with van der Waals surface area (Å²) in [6.45, 7) is 1.52. The third kappa shape index (κ3) is 2.62. The van der Waals surface area contributed by atoms with E-state index in [1.54, 1.807) is 0 Å². The van der Waals surface area contributed by atoms with E-state index in [4.69, 9.17) is 10.5 Å². The maximum absolute atomic E-state index is 6.05. The molecule has 2 heteroatoms. The van der Waals surface area contributed by atoms with Crippen LogP contribution in [0.15, 0.2) is 60.7 Å². The molecule has 2 atom stereocenters. The molecular formula is C18H21NO. The van der Waals surface area contributed by atoms with Gasteiger partial charge in [0.15, 0.2) is 0 Å². The molecule has 2 N–H and O–H groups in total. The van der Waals surface area contributed by atoms with Gasteiger partial charge in [-0.05, 0) is 24.1 Å². The molecule has 0 aliphatic carbocycles. The molecule has 1 aliphatic heterocycles. The first kappa shape index (κ1) is 13.3. The van der Waals surface area contributed by atoms with Crippen molar-refractivity contribution in [1.29, 1.82) is 0 Å². The van der Waals surface area contributed by atoms with Gasteiger partial charge in [0.2, 0.25) is 0 Å². The minimum absolute atomic E-state index is 0.185. The fraction of sp³-hybridized carbons (Fsp3) is 0.333. The second-order valence-electron chi connectivity index (χ2n) is 5.42. The van der Waals surface area contributed by atoms with E-state index < -0.39 is 0 Å². The Labute approximate surface area is 120 Å². The summed E-state index contributed by atoms with van der Waals surface area (Å²) in [5.74, 6) is 0.717. The summed E-state index contributed by atoms with van der Waals surface area (Å²) in [5, 5.41) is 0. The number of benzene rings is 2. The fourth-order valence-electron chi connectivity index (χ4n) is 3.17. The summed E-state index contributed by atoms with van der Waals surface area (Å²) in [5.41, 5.74) is 8.56. The number of ether oxygens (including phenoxy) is 1. The summed E-state index contributed by atoms with van der Waals surface area (Å²) in [4.78, 5) is 0. The lowest BCUT2D eigenvalue weighted by atomic mass is 9.81. The molecule has 1 saturated heterocycles. The van der Waals surface area contributed by atoms with Gasteiger partial charge in [0.05, 0.1) is 6.10 Å². The number of hydrogen-bond acceptors (Lipinski definition) is 2. The van der Waals surface area contributed by atoms with Gasteiger partial charge in [-0.1, -0.05) is 60.7 Å². The normalized spacial score (nSPS) is 22.3. The quantitative estimate of drug-likeness (QED) is 0.923. The van der Waals surface area contributed by atoms with Crippen LogP contribution in [0.2, 0.25) is 0 Å². The molecule has 0 amide bonds. The highest BCUT2D eigenvalue weighted by Gasteiger charge is 2.35. The van der Waals surface area contributed by atoms with Crippen molar-refractivity contribution in [1.82, 2.24) is 0 Å². The summed E-state index contributed by atoms with van der Waals surface area (Å²) < 4.78 is 6.05. The molecule has 0 bridgehead atoms. The maximum Gasteiger partial charge on any atom is 0.0725 e. The molecule has 2 nitrogen and oxygen atoms in total. The van der Waals surface area contributed by atoms with Crippen LogP contribution in [0.5, 0.6) is 0 Å². The zero-order chi connectivity index (χ0) is 13.8. The summed E-state index contributed by atoms with van der Waals surface area (Å²) in [6.07, 6.45) is 1.25. The van der Waals surface area contributed by atoms with Crippen molar-refractivity contribution in [2.24, 2.45) is 11.7 Å². The average molecular weight is 267 g/mol. The molecule has 1 fully saturated rings. The Morgan fingerprint density at radius 1 is 0.950 bits per heavy atom. The number of hydrogen-bond donors (Lipinski definition) is 1. The molecule has 0 radical (unpaired) electrons. The third-order valence-corrected chi connectivity index (χ3v) is 4.21. The van der Waals surface area contributed by atoms with Crippen LogP contribution in [0.1, 0.15) is 23.5 Å². The molecule has 104 valence electrons. The van der Waals surface area contributed by atoms with Crippen molar-refractivity contribution in [3.8, 4) is 0 Å². The van der Waals surface area contributed by atoms with E-state index in [1.807, 2.05) is 0 Å². The first-order chi connectivity index (χ1) is 9.90. The van der Waals surface area contributed by atoms with Crippen LogP contribution in [0, 0.1) is 5.92 Å². The molecular weight excluding hydrogens is 246 g/mol. The lowest BCUT2D eigenvalue weighted by Gasteiger charge is -2.28. The van der Waals surface area contributed by atoms with Crippen LogP contribution in [-0.4, -0.2) is 19.3 Å². The van der Waals surface area contributed by atoms with Crippen molar-refractivity contribution < 1.29 is 4.74 Å². The standard InChI is InChI=1S/C18H21NO/c19-13-16-11-12-20-18(16)17(14-7-3-1-4-8-14)15-9-5-2-6-10-15/h1-10,16-18H,11-13,19H2. The smallest absolute Gasteiger partial charge is 0.0725 e. The van der Waals surface area contributed by atoms with E-state index in [1.165, 1.54) is 11.1 Å². The highest BCUT2D eigenvalue weighted by atomic mass is 16.5. The second kappa shape index (κ2) is 6.21. The zero-order valence-corrected chi connectivity index (χ0v) is 11.6. The Kier molecular flexibility index (Phi) is 4.14. The van der Waals surface area contributed by atoms with Crippen molar-refractivity contribution in [3.05, 3.63) is 71.8 Å². The van der Waals surface area contributed by atoms with Gasteiger partial charge in [-0.2, -0.15) is 0 Å². The molecule has 0 spiro atoms. The molecule has 0 saturated carbocycles. The Hall–Kier alpha value is -1.64. The van der Waals surface area contributed by atoms with Crippen LogP contribution in [-0.2, 0) is 4.74 Å². The van der Waals surface area contributed by atoms with E-state index in [2.05, 4.69) is 60.7 Å². The minimum atomic E-state index is 0.185. The van der Waals surface area contributed by atoms with E-state index in [0.29, 0.717) is 12.5 Å². The Morgan fingerprint density at radius 3 is 2.00 bits per heavy atom. The second-order valence-corrected chi connectivity index (χ2v) is 5.42. The van der Waals surface area contributed by atoms with Crippen molar-refractivity contribution in [2.75, 3.05) is 13.2 Å². The van der Waals surface area contributed by atoms with E-state index in [0.717, 1.165) is 13.0 Å². The summed E-state index contributed by atoms with van der Waals surface area (Å²) in [7, 11) is 0.